The molecule has 1 unspecified atom stereocenters. The summed E-state index contributed by atoms with van der Waals surface area (Å²) in [4.78, 5) is 0. The van der Waals surface area contributed by atoms with Gasteiger partial charge in [-0.3, -0.25) is 0 Å². The SMILES string of the molecule is COCC(CCCN)Nc1cc(-n2cnnn2)ccc1C. The van der Waals surface area contributed by atoms with Gasteiger partial charge in [0.15, 0.2) is 0 Å². The zero-order chi connectivity index (χ0) is 15.1. The summed E-state index contributed by atoms with van der Waals surface area (Å²) in [6, 6.07) is 6.31. The van der Waals surface area contributed by atoms with E-state index in [9.17, 15) is 0 Å². The van der Waals surface area contributed by atoms with Crippen molar-refractivity contribution >= 4 is 5.69 Å². The highest BCUT2D eigenvalue weighted by Gasteiger charge is 2.10. The molecule has 0 aliphatic heterocycles. The van der Waals surface area contributed by atoms with Gasteiger partial charge in [-0.05, 0) is 54.4 Å². The fourth-order valence-electron chi connectivity index (χ4n) is 2.17. The lowest BCUT2D eigenvalue weighted by molar-refractivity contribution is 0.182. The molecule has 0 saturated heterocycles. The molecule has 0 aliphatic carbocycles. The van der Waals surface area contributed by atoms with E-state index < -0.39 is 0 Å². The molecule has 0 saturated carbocycles. The normalized spacial score (nSPS) is 12.3. The minimum atomic E-state index is 0.237. The molecule has 7 heteroatoms. The van der Waals surface area contributed by atoms with Gasteiger partial charge in [0.1, 0.15) is 6.33 Å². The average Bonchev–Trinajstić information content (AvgIpc) is 3.01. The van der Waals surface area contributed by atoms with Crippen LogP contribution in [0.4, 0.5) is 5.69 Å². The predicted octanol–water partition coefficient (Wildman–Crippen LogP) is 1.14. The van der Waals surface area contributed by atoms with Gasteiger partial charge in [0.2, 0.25) is 0 Å². The zero-order valence-electron chi connectivity index (χ0n) is 12.5. The highest BCUT2D eigenvalue weighted by molar-refractivity contribution is 5.57. The Morgan fingerprint density at radius 3 is 2.95 bits per heavy atom. The summed E-state index contributed by atoms with van der Waals surface area (Å²) in [7, 11) is 1.71. The lowest BCUT2D eigenvalue weighted by Gasteiger charge is -2.20. The molecule has 7 nitrogen and oxygen atoms in total. The number of rotatable bonds is 8. The Kier molecular flexibility index (Phi) is 5.65. The van der Waals surface area contributed by atoms with Gasteiger partial charge in [0.25, 0.3) is 0 Å². The number of hydrogen-bond acceptors (Lipinski definition) is 6. The summed E-state index contributed by atoms with van der Waals surface area (Å²) in [5, 5.41) is 14.8. The molecule has 1 atom stereocenters. The van der Waals surface area contributed by atoms with Crippen LogP contribution in [0.1, 0.15) is 18.4 Å². The number of tetrazole rings is 1. The van der Waals surface area contributed by atoms with Crippen molar-refractivity contribution in [2.24, 2.45) is 5.73 Å². The van der Waals surface area contributed by atoms with E-state index in [-0.39, 0.29) is 6.04 Å². The van der Waals surface area contributed by atoms with E-state index >= 15 is 0 Å². The third-order valence-electron chi connectivity index (χ3n) is 3.32. The topological polar surface area (TPSA) is 90.9 Å². The predicted molar refractivity (Wildman–Crippen MR) is 81.5 cm³/mol. The Bertz CT molecular complexity index is 542. The van der Waals surface area contributed by atoms with Crippen LogP contribution < -0.4 is 11.1 Å². The number of methoxy groups -OCH3 is 1. The molecule has 0 amide bonds. The molecule has 0 spiro atoms. The maximum Gasteiger partial charge on any atom is 0.143 e. The molecule has 0 fully saturated rings. The van der Waals surface area contributed by atoms with Gasteiger partial charge in [0.05, 0.1) is 12.3 Å². The number of nitrogens with two attached hydrogens (primary N) is 1. The van der Waals surface area contributed by atoms with E-state index in [0.717, 1.165) is 24.2 Å². The largest absolute Gasteiger partial charge is 0.383 e. The Morgan fingerprint density at radius 1 is 1.43 bits per heavy atom. The van der Waals surface area contributed by atoms with E-state index in [1.165, 1.54) is 5.56 Å². The first kappa shape index (κ1) is 15.4. The summed E-state index contributed by atoms with van der Waals surface area (Å²) < 4.78 is 6.91. The molecule has 21 heavy (non-hydrogen) atoms. The number of hydrogen-bond donors (Lipinski definition) is 2. The Hall–Kier alpha value is -1.99. The number of benzene rings is 1. The fraction of sp³-hybridized carbons (Fsp3) is 0.500. The van der Waals surface area contributed by atoms with Crippen molar-refractivity contribution in [3.63, 3.8) is 0 Å². The summed E-state index contributed by atoms with van der Waals surface area (Å²) in [5.41, 5.74) is 8.73. The van der Waals surface area contributed by atoms with Gasteiger partial charge in [-0.25, -0.2) is 4.68 Å². The molecule has 1 aromatic carbocycles. The lowest BCUT2D eigenvalue weighted by atomic mass is 10.1. The maximum atomic E-state index is 5.59. The van der Waals surface area contributed by atoms with Crippen LogP contribution in [-0.2, 0) is 4.74 Å². The van der Waals surface area contributed by atoms with Gasteiger partial charge in [-0.15, -0.1) is 5.10 Å². The van der Waals surface area contributed by atoms with Crippen molar-refractivity contribution in [1.29, 1.82) is 0 Å². The van der Waals surface area contributed by atoms with Gasteiger partial charge >= 0.3 is 0 Å². The summed E-state index contributed by atoms with van der Waals surface area (Å²) in [6.07, 6.45) is 3.52. The van der Waals surface area contributed by atoms with Crippen molar-refractivity contribution in [3.8, 4) is 5.69 Å². The highest BCUT2D eigenvalue weighted by Crippen LogP contribution is 2.20. The smallest absolute Gasteiger partial charge is 0.143 e. The van der Waals surface area contributed by atoms with Gasteiger partial charge in [-0.2, -0.15) is 0 Å². The molecule has 0 radical (unpaired) electrons. The molecule has 3 N–H and O–H groups in total. The van der Waals surface area contributed by atoms with Crippen LogP contribution in [0.2, 0.25) is 0 Å². The average molecular weight is 290 g/mol. The van der Waals surface area contributed by atoms with Crippen LogP contribution in [0.15, 0.2) is 24.5 Å². The molecule has 0 aliphatic rings. The number of aromatic nitrogens is 4. The number of nitrogens with one attached hydrogen (secondary N) is 1. The van der Waals surface area contributed by atoms with Crippen molar-refractivity contribution in [2.45, 2.75) is 25.8 Å². The van der Waals surface area contributed by atoms with Gasteiger partial charge in [-0.1, -0.05) is 6.07 Å². The quantitative estimate of drug-likeness (QED) is 0.757. The second kappa shape index (κ2) is 7.70. The van der Waals surface area contributed by atoms with Crippen LogP contribution in [0, 0.1) is 6.92 Å². The van der Waals surface area contributed by atoms with Crippen LogP contribution in [0.5, 0.6) is 0 Å². The van der Waals surface area contributed by atoms with Crippen molar-refractivity contribution in [1.82, 2.24) is 20.2 Å². The highest BCUT2D eigenvalue weighted by atomic mass is 16.5. The second-order valence-electron chi connectivity index (χ2n) is 4.98. The van der Waals surface area contributed by atoms with Crippen molar-refractivity contribution < 1.29 is 4.74 Å². The van der Waals surface area contributed by atoms with E-state index in [4.69, 9.17) is 10.5 Å². The van der Waals surface area contributed by atoms with Gasteiger partial charge in [0, 0.05) is 18.8 Å². The van der Waals surface area contributed by atoms with Gasteiger partial charge < -0.3 is 15.8 Å². The molecule has 114 valence electrons. The van der Waals surface area contributed by atoms with Crippen LogP contribution >= 0.6 is 0 Å². The van der Waals surface area contributed by atoms with Crippen molar-refractivity contribution in [2.75, 3.05) is 25.6 Å². The summed E-state index contributed by atoms with van der Waals surface area (Å²) >= 11 is 0. The molecular weight excluding hydrogens is 268 g/mol. The third-order valence-corrected chi connectivity index (χ3v) is 3.32. The summed E-state index contributed by atoms with van der Waals surface area (Å²) in [6.45, 7) is 3.40. The molecule has 0 bridgehead atoms. The second-order valence-corrected chi connectivity index (χ2v) is 4.98. The molecular formula is C14H22N6O. The van der Waals surface area contributed by atoms with E-state index in [2.05, 4.69) is 27.8 Å². The number of ether oxygens (including phenoxy) is 1. The number of anilines is 1. The number of aryl methyl sites for hydroxylation is 1. The van der Waals surface area contributed by atoms with Crippen LogP contribution in [0.25, 0.3) is 5.69 Å². The first-order valence-electron chi connectivity index (χ1n) is 7.04. The summed E-state index contributed by atoms with van der Waals surface area (Å²) in [5.74, 6) is 0. The van der Waals surface area contributed by atoms with Crippen LogP contribution in [-0.4, -0.2) is 46.5 Å². The molecule has 1 aromatic heterocycles. The first-order chi connectivity index (χ1) is 10.2. The minimum absolute atomic E-state index is 0.237. The Labute approximate surface area is 124 Å². The number of nitrogens with zero attached hydrogens (tertiary/aromatic N) is 4. The van der Waals surface area contributed by atoms with E-state index in [1.807, 2.05) is 18.2 Å². The van der Waals surface area contributed by atoms with Crippen molar-refractivity contribution in [3.05, 3.63) is 30.1 Å². The zero-order valence-corrected chi connectivity index (χ0v) is 12.5. The lowest BCUT2D eigenvalue weighted by Crippen LogP contribution is -2.26. The third kappa shape index (κ3) is 4.24. The molecule has 2 rings (SSSR count). The van der Waals surface area contributed by atoms with E-state index in [1.54, 1.807) is 18.1 Å². The first-order valence-corrected chi connectivity index (χ1v) is 7.04. The van der Waals surface area contributed by atoms with Crippen LogP contribution in [0.3, 0.4) is 0 Å². The standard InChI is InChI=1S/C14H22N6O/c1-11-5-6-13(20-10-16-18-19-20)8-14(11)17-12(9-21-2)4-3-7-15/h5-6,8,10,12,17H,3-4,7,9,15H2,1-2H3. The van der Waals surface area contributed by atoms with E-state index in [0.29, 0.717) is 13.2 Å². The minimum Gasteiger partial charge on any atom is -0.383 e. The Balaban J connectivity index is 2.15. The molecule has 1 heterocycles. The fourth-order valence-corrected chi connectivity index (χ4v) is 2.17. The molecule has 2 aromatic rings. The maximum absolute atomic E-state index is 5.59. The Morgan fingerprint density at radius 2 is 2.29 bits per heavy atom. The monoisotopic (exact) mass is 290 g/mol.